The zero-order chi connectivity index (χ0) is 19.8. The zero-order valence-electron chi connectivity index (χ0n) is 15.9. The third-order valence-electron chi connectivity index (χ3n) is 3.96. The number of carbonyl (C=O) groups excluding carboxylic acids is 1. The van der Waals surface area contributed by atoms with Crippen molar-refractivity contribution < 1.29 is 14.7 Å². The molecule has 7 nitrogen and oxygen atoms in total. The number of rotatable bonds is 10. The minimum Gasteiger partial charge on any atom is -0.478 e. The molecule has 0 aliphatic carbocycles. The Morgan fingerprint density at radius 1 is 1.30 bits per heavy atom. The molecule has 0 aliphatic heterocycles. The Morgan fingerprint density at radius 2 is 2.07 bits per heavy atom. The molecule has 1 heterocycles. The quantitative estimate of drug-likeness (QED) is 0.478. The molecule has 0 saturated heterocycles. The number of hydrogen-bond acceptors (Lipinski definition) is 5. The first-order chi connectivity index (χ1) is 12.9. The summed E-state index contributed by atoms with van der Waals surface area (Å²) in [5.74, 6) is 0.335. The van der Waals surface area contributed by atoms with Crippen molar-refractivity contribution in [1.29, 1.82) is 0 Å². The van der Waals surface area contributed by atoms with Crippen molar-refractivity contribution >= 4 is 23.6 Å². The molecule has 0 saturated carbocycles. The molecular formula is C19H26N4O3S. The first-order valence-corrected chi connectivity index (χ1v) is 10.2. The summed E-state index contributed by atoms with van der Waals surface area (Å²) in [5, 5.41) is 21.3. The summed E-state index contributed by atoms with van der Waals surface area (Å²) in [5.41, 5.74) is 0.878. The lowest BCUT2D eigenvalue weighted by Crippen LogP contribution is -2.26. The highest BCUT2D eigenvalue weighted by Crippen LogP contribution is 2.16. The number of aryl methyl sites for hydroxylation is 1. The van der Waals surface area contributed by atoms with Crippen LogP contribution in [0.2, 0.25) is 0 Å². The van der Waals surface area contributed by atoms with Gasteiger partial charge in [-0.3, -0.25) is 4.79 Å². The standard InChI is InChI=1S/C19H26N4O3S/c1-13(2)12-23-16(21-22-19(23)27-3)8-5-9-20-17(24)11-14-6-4-7-15(10-14)18(25)26/h4,6-7,10,13H,5,8-9,11-12H2,1-3H3,(H,20,24)(H,25,26). The van der Waals surface area contributed by atoms with Crippen LogP contribution in [0.3, 0.4) is 0 Å². The van der Waals surface area contributed by atoms with Gasteiger partial charge in [-0.2, -0.15) is 0 Å². The van der Waals surface area contributed by atoms with Crippen molar-refractivity contribution in [3.8, 4) is 0 Å². The third-order valence-corrected chi connectivity index (χ3v) is 4.63. The third kappa shape index (κ3) is 6.39. The molecule has 2 rings (SSSR count). The molecule has 1 aromatic carbocycles. The molecule has 2 aromatic rings. The van der Waals surface area contributed by atoms with Gasteiger partial charge in [-0.15, -0.1) is 10.2 Å². The monoisotopic (exact) mass is 390 g/mol. The Labute approximate surface area is 163 Å². The van der Waals surface area contributed by atoms with Gasteiger partial charge in [0.25, 0.3) is 0 Å². The lowest BCUT2D eigenvalue weighted by molar-refractivity contribution is -0.120. The summed E-state index contributed by atoms with van der Waals surface area (Å²) >= 11 is 1.58. The molecule has 0 fully saturated rings. The number of carboxylic acid groups (broad SMARTS) is 1. The zero-order valence-corrected chi connectivity index (χ0v) is 16.8. The highest BCUT2D eigenvalue weighted by atomic mass is 32.2. The highest BCUT2D eigenvalue weighted by molar-refractivity contribution is 7.98. The molecule has 0 aliphatic rings. The van der Waals surface area contributed by atoms with Crippen molar-refractivity contribution in [1.82, 2.24) is 20.1 Å². The highest BCUT2D eigenvalue weighted by Gasteiger charge is 2.12. The van der Waals surface area contributed by atoms with Crippen LogP contribution in [-0.4, -0.2) is 44.5 Å². The minimum absolute atomic E-state index is 0.119. The fraction of sp³-hybridized carbons (Fsp3) is 0.474. The summed E-state index contributed by atoms with van der Waals surface area (Å²) in [6.45, 7) is 5.74. The predicted octanol–water partition coefficient (Wildman–Crippen LogP) is 2.65. The van der Waals surface area contributed by atoms with Gasteiger partial charge in [0, 0.05) is 19.5 Å². The number of nitrogens with one attached hydrogen (secondary N) is 1. The number of aromatic carboxylic acids is 1. The number of nitrogens with zero attached hydrogens (tertiary/aromatic N) is 3. The molecule has 0 unspecified atom stereocenters. The lowest BCUT2D eigenvalue weighted by atomic mass is 10.1. The van der Waals surface area contributed by atoms with Crippen LogP contribution < -0.4 is 5.32 Å². The van der Waals surface area contributed by atoms with E-state index in [0.717, 1.165) is 30.4 Å². The number of hydrogen-bond donors (Lipinski definition) is 2. The second-order valence-electron chi connectivity index (χ2n) is 6.74. The molecule has 27 heavy (non-hydrogen) atoms. The second-order valence-corrected chi connectivity index (χ2v) is 7.52. The number of carbonyl (C=O) groups is 2. The van der Waals surface area contributed by atoms with E-state index in [-0.39, 0.29) is 17.9 Å². The van der Waals surface area contributed by atoms with Crippen molar-refractivity contribution in [3.05, 3.63) is 41.2 Å². The van der Waals surface area contributed by atoms with Gasteiger partial charge in [0.2, 0.25) is 5.91 Å². The Balaban J connectivity index is 1.81. The first kappa shape index (κ1) is 21.0. The van der Waals surface area contributed by atoms with Gasteiger partial charge in [0.1, 0.15) is 5.82 Å². The van der Waals surface area contributed by atoms with E-state index in [0.29, 0.717) is 18.0 Å². The molecule has 8 heteroatoms. The SMILES string of the molecule is CSc1nnc(CCCNC(=O)Cc2cccc(C(=O)O)c2)n1CC(C)C. The Kier molecular flexibility index (Phi) is 7.84. The molecule has 146 valence electrons. The molecule has 1 aromatic heterocycles. The molecule has 0 atom stereocenters. The summed E-state index contributed by atoms with van der Waals surface area (Å²) in [6, 6.07) is 6.45. The summed E-state index contributed by atoms with van der Waals surface area (Å²) in [7, 11) is 0. The fourth-order valence-corrected chi connectivity index (χ4v) is 3.26. The molecule has 0 radical (unpaired) electrons. The van der Waals surface area contributed by atoms with Gasteiger partial charge in [-0.05, 0) is 36.3 Å². The van der Waals surface area contributed by atoms with E-state index >= 15 is 0 Å². The van der Waals surface area contributed by atoms with E-state index in [1.54, 1.807) is 23.9 Å². The van der Waals surface area contributed by atoms with Crippen molar-refractivity contribution in [2.24, 2.45) is 5.92 Å². The maximum absolute atomic E-state index is 12.1. The van der Waals surface area contributed by atoms with Crippen LogP contribution in [-0.2, 0) is 24.2 Å². The largest absolute Gasteiger partial charge is 0.478 e. The van der Waals surface area contributed by atoms with Crippen molar-refractivity contribution in [2.45, 2.75) is 44.8 Å². The van der Waals surface area contributed by atoms with E-state index in [4.69, 9.17) is 5.11 Å². The van der Waals surface area contributed by atoms with Crippen LogP contribution in [0.1, 0.15) is 42.0 Å². The number of thioether (sulfide) groups is 1. The maximum atomic E-state index is 12.1. The second kappa shape index (κ2) is 10.1. The number of carboxylic acids is 1. The lowest BCUT2D eigenvalue weighted by Gasteiger charge is -2.11. The van der Waals surface area contributed by atoms with Gasteiger partial charge in [-0.25, -0.2) is 4.79 Å². The molecule has 1 amide bonds. The number of benzene rings is 1. The van der Waals surface area contributed by atoms with Crippen LogP contribution in [0.5, 0.6) is 0 Å². The van der Waals surface area contributed by atoms with Crippen LogP contribution >= 0.6 is 11.8 Å². The molecule has 0 bridgehead atoms. The summed E-state index contributed by atoms with van der Waals surface area (Å²) < 4.78 is 2.15. The predicted molar refractivity (Wildman–Crippen MR) is 105 cm³/mol. The normalized spacial score (nSPS) is 11.0. The Bertz CT molecular complexity index is 789. The Hall–Kier alpha value is -2.35. The van der Waals surface area contributed by atoms with Gasteiger partial charge in [0.05, 0.1) is 12.0 Å². The van der Waals surface area contributed by atoms with Gasteiger partial charge in [-0.1, -0.05) is 37.7 Å². The van der Waals surface area contributed by atoms with Crippen molar-refractivity contribution in [3.63, 3.8) is 0 Å². The fourth-order valence-electron chi connectivity index (χ4n) is 2.74. The van der Waals surface area contributed by atoms with Crippen LogP contribution in [0.4, 0.5) is 0 Å². The summed E-state index contributed by atoms with van der Waals surface area (Å²) in [6.07, 6.45) is 3.67. The summed E-state index contributed by atoms with van der Waals surface area (Å²) in [4.78, 5) is 23.1. The average molecular weight is 391 g/mol. The van der Waals surface area contributed by atoms with Gasteiger partial charge < -0.3 is 15.0 Å². The smallest absolute Gasteiger partial charge is 0.335 e. The van der Waals surface area contributed by atoms with Gasteiger partial charge in [0.15, 0.2) is 5.16 Å². The minimum atomic E-state index is -0.993. The van der Waals surface area contributed by atoms with Gasteiger partial charge >= 0.3 is 5.97 Å². The van der Waals surface area contributed by atoms with E-state index in [1.165, 1.54) is 12.1 Å². The van der Waals surface area contributed by atoms with Crippen LogP contribution in [0, 0.1) is 5.92 Å². The van der Waals surface area contributed by atoms with Crippen LogP contribution in [0.15, 0.2) is 29.4 Å². The number of amides is 1. The Morgan fingerprint density at radius 3 is 2.74 bits per heavy atom. The number of aromatic nitrogens is 3. The van der Waals surface area contributed by atoms with E-state index < -0.39 is 5.97 Å². The van der Waals surface area contributed by atoms with E-state index in [2.05, 4.69) is 33.9 Å². The molecular weight excluding hydrogens is 364 g/mol. The van der Waals surface area contributed by atoms with E-state index in [9.17, 15) is 9.59 Å². The van der Waals surface area contributed by atoms with Crippen molar-refractivity contribution in [2.75, 3.05) is 12.8 Å². The molecule has 0 spiro atoms. The maximum Gasteiger partial charge on any atom is 0.335 e. The topological polar surface area (TPSA) is 97.1 Å². The average Bonchev–Trinajstić information content (AvgIpc) is 3.00. The van der Waals surface area contributed by atoms with E-state index in [1.807, 2.05) is 6.26 Å². The molecule has 2 N–H and O–H groups in total. The van der Waals surface area contributed by atoms with Crippen LogP contribution in [0.25, 0.3) is 0 Å². The first-order valence-electron chi connectivity index (χ1n) is 8.95.